The number of nitrogens with two attached hydrogens (primary N) is 1. The van der Waals surface area contributed by atoms with Gasteiger partial charge in [0.15, 0.2) is 0 Å². The number of nitrogens with one attached hydrogen (secondary N) is 1. The molecule has 1 aliphatic heterocycles. The van der Waals surface area contributed by atoms with Crippen LogP contribution in [-0.4, -0.2) is 73.9 Å². The van der Waals surface area contributed by atoms with E-state index in [4.69, 9.17) is 15.5 Å². The summed E-state index contributed by atoms with van der Waals surface area (Å²) >= 11 is 0. The van der Waals surface area contributed by atoms with Crippen LogP contribution in [0.2, 0.25) is 0 Å². The predicted octanol–water partition coefficient (Wildman–Crippen LogP) is 2.55. The molecule has 2 aromatic carbocycles. The number of carbonyl (C=O) groups is 1. The van der Waals surface area contributed by atoms with Crippen molar-refractivity contribution in [1.29, 1.82) is 0 Å². The van der Waals surface area contributed by atoms with Gasteiger partial charge in [0.1, 0.15) is 5.75 Å². The van der Waals surface area contributed by atoms with E-state index in [1.54, 1.807) is 13.3 Å². The summed E-state index contributed by atoms with van der Waals surface area (Å²) in [7, 11) is 5.60. The van der Waals surface area contributed by atoms with E-state index in [-0.39, 0.29) is 18.4 Å². The van der Waals surface area contributed by atoms with Gasteiger partial charge in [-0.3, -0.25) is 9.79 Å². The van der Waals surface area contributed by atoms with Crippen LogP contribution in [0.4, 0.5) is 17.3 Å². The third kappa shape index (κ3) is 6.33. The second-order valence-corrected chi connectivity index (χ2v) is 8.71. The molecule has 0 bridgehead atoms. The lowest BCUT2D eigenvalue weighted by atomic mass is 10.0. The van der Waals surface area contributed by atoms with Crippen LogP contribution in [0, 0.1) is 0 Å². The highest BCUT2D eigenvalue weighted by Crippen LogP contribution is 2.32. The summed E-state index contributed by atoms with van der Waals surface area (Å²) in [6.07, 6.45) is 2.37. The molecular formula is C26H31N7O2. The summed E-state index contributed by atoms with van der Waals surface area (Å²) in [4.78, 5) is 30.0. The van der Waals surface area contributed by atoms with Crippen LogP contribution in [0.5, 0.6) is 5.75 Å². The van der Waals surface area contributed by atoms with Crippen molar-refractivity contribution in [3.05, 3.63) is 60.3 Å². The van der Waals surface area contributed by atoms with Crippen LogP contribution in [-0.2, 0) is 11.2 Å². The van der Waals surface area contributed by atoms with E-state index in [1.807, 2.05) is 66.4 Å². The molecule has 1 aromatic heterocycles. The molecule has 0 unspecified atom stereocenters. The molecule has 0 saturated carbocycles. The molecule has 2 heterocycles. The van der Waals surface area contributed by atoms with Gasteiger partial charge in [0.25, 0.3) is 0 Å². The molecule has 4 rings (SSSR count). The van der Waals surface area contributed by atoms with Crippen molar-refractivity contribution in [3.8, 4) is 17.0 Å². The summed E-state index contributed by atoms with van der Waals surface area (Å²) < 4.78 is 5.40. The van der Waals surface area contributed by atoms with E-state index < -0.39 is 0 Å². The predicted molar refractivity (Wildman–Crippen MR) is 139 cm³/mol. The number of fused-ring (bicyclic) bond motifs is 1. The molecule has 0 radical (unpaired) electrons. The molecule has 9 heteroatoms. The minimum atomic E-state index is -0.0329. The lowest BCUT2D eigenvalue weighted by molar-refractivity contribution is -0.119. The maximum absolute atomic E-state index is 12.7. The third-order valence-electron chi connectivity index (χ3n) is 5.74. The first-order chi connectivity index (χ1) is 16.9. The molecule has 1 amide bonds. The summed E-state index contributed by atoms with van der Waals surface area (Å²) in [5.41, 5.74) is 11.4. The summed E-state index contributed by atoms with van der Waals surface area (Å²) in [6.45, 7) is 2.13. The summed E-state index contributed by atoms with van der Waals surface area (Å²) in [5.74, 6) is 0.949. The van der Waals surface area contributed by atoms with Gasteiger partial charge in [-0.05, 0) is 43.9 Å². The van der Waals surface area contributed by atoms with Gasteiger partial charge in [-0.1, -0.05) is 18.2 Å². The van der Waals surface area contributed by atoms with Gasteiger partial charge in [0.05, 0.1) is 31.6 Å². The number of anilines is 2. The number of hydrogen-bond acceptors (Lipinski definition) is 8. The van der Waals surface area contributed by atoms with Crippen molar-refractivity contribution in [1.82, 2.24) is 20.2 Å². The number of methoxy groups -OCH3 is 1. The van der Waals surface area contributed by atoms with E-state index in [9.17, 15) is 4.79 Å². The fraction of sp³-hybridized carbons (Fsp3) is 0.308. The second-order valence-electron chi connectivity index (χ2n) is 8.71. The van der Waals surface area contributed by atoms with Crippen LogP contribution in [0.3, 0.4) is 0 Å². The molecule has 182 valence electrons. The van der Waals surface area contributed by atoms with Crippen molar-refractivity contribution in [2.45, 2.75) is 6.42 Å². The summed E-state index contributed by atoms with van der Waals surface area (Å²) in [5, 5.41) is 3.00. The molecule has 3 aromatic rings. The second kappa shape index (κ2) is 11.0. The quantitative estimate of drug-likeness (QED) is 0.466. The third-order valence-corrected chi connectivity index (χ3v) is 5.74. The van der Waals surface area contributed by atoms with Crippen molar-refractivity contribution in [3.63, 3.8) is 0 Å². The number of amides is 1. The van der Waals surface area contributed by atoms with Gasteiger partial charge < -0.3 is 25.6 Å². The lowest BCUT2D eigenvalue weighted by Gasteiger charge is -2.25. The van der Waals surface area contributed by atoms with Crippen molar-refractivity contribution in [2.75, 3.05) is 58.0 Å². The highest BCUT2D eigenvalue weighted by Gasteiger charge is 2.20. The van der Waals surface area contributed by atoms with Gasteiger partial charge in [-0.15, -0.1) is 0 Å². The maximum Gasteiger partial charge on any atom is 0.239 e. The number of hydrogen-bond donors (Lipinski definition) is 2. The molecule has 0 saturated heterocycles. The number of aliphatic imine (C=N–C) groups is 1. The Morgan fingerprint density at radius 2 is 2.03 bits per heavy atom. The Morgan fingerprint density at radius 3 is 2.80 bits per heavy atom. The first kappa shape index (κ1) is 24.2. The fourth-order valence-electron chi connectivity index (χ4n) is 3.95. The van der Waals surface area contributed by atoms with Gasteiger partial charge >= 0.3 is 0 Å². The number of aromatic nitrogens is 2. The van der Waals surface area contributed by atoms with Crippen LogP contribution in [0.25, 0.3) is 11.3 Å². The number of likely N-dealkylation sites (N-methyl/N-ethyl adjacent to an activating group) is 1. The molecule has 35 heavy (non-hydrogen) atoms. The molecule has 9 nitrogen and oxygen atoms in total. The number of benzene rings is 2. The zero-order chi connectivity index (χ0) is 24.8. The molecule has 0 atom stereocenters. The summed E-state index contributed by atoms with van der Waals surface area (Å²) in [6, 6.07) is 15.7. The number of ether oxygens (including phenoxy) is 1. The van der Waals surface area contributed by atoms with E-state index >= 15 is 0 Å². The fourth-order valence-corrected chi connectivity index (χ4v) is 3.95. The number of carbonyl (C=O) groups excluding carboxylic acids is 1. The number of rotatable bonds is 10. The minimum Gasteiger partial charge on any atom is -0.497 e. The average Bonchev–Trinajstić information content (AvgIpc) is 3.25. The molecule has 3 N–H and O–H groups in total. The Bertz CT molecular complexity index is 1230. The maximum atomic E-state index is 12.7. The lowest BCUT2D eigenvalue weighted by Crippen LogP contribution is -2.41. The Kier molecular flexibility index (Phi) is 7.57. The van der Waals surface area contributed by atoms with Crippen LogP contribution in [0.1, 0.15) is 5.56 Å². The monoisotopic (exact) mass is 473 g/mol. The number of nitrogen functional groups attached to an aromatic ring is 1. The zero-order valence-corrected chi connectivity index (χ0v) is 20.4. The topological polar surface area (TPSA) is 109 Å². The molecule has 0 aliphatic carbocycles. The Balaban J connectivity index is 1.53. The number of nitrogens with zero attached hydrogens (tertiary/aromatic N) is 5. The van der Waals surface area contributed by atoms with Crippen molar-refractivity contribution < 1.29 is 9.53 Å². The normalized spacial score (nSPS) is 12.3. The average molecular weight is 474 g/mol. The standard InChI is InChI=1S/C26H31N7O2/c1-32(2)12-11-28-25(34)17-33(21-5-4-6-22(15-21)35-3)16-20-13-18-7-8-19(14-24(18)30-20)23-9-10-29-26(27)31-23/h4-10,14-15H,11-13,16-17H2,1-3H3,(H,28,34)(H2,27,29,31). The van der Waals surface area contributed by atoms with E-state index in [2.05, 4.69) is 21.4 Å². The van der Waals surface area contributed by atoms with Gasteiger partial charge in [-0.25, -0.2) is 9.97 Å². The molecule has 1 aliphatic rings. The SMILES string of the molecule is COc1cccc(N(CC(=O)NCCN(C)C)CC2=Nc3cc(-c4ccnc(N)n4)ccc3C2)c1. The Labute approximate surface area is 205 Å². The first-order valence-electron chi connectivity index (χ1n) is 11.5. The van der Waals surface area contributed by atoms with Crippen LogP contribution >= 0.6 is 0 Å². The molecule has 0 fully saturated rings. The molecular weight excluding hydrogens is 442 g/mol. The highest BCUT2D eigenvalue weighted by molar-refractivity contribution is 5.98. The minimum absolute atomic E-state index is 0.0329. The van der Waals surface area contributed by atoms with E-state index in [1.165, 1.54) is 0 Å². The highest BCUT2D eigenvalue weighted by atomic mass is 16.5. The van der Waals surface area contributed by atoms with Crippen LogP contribution in [0.15, 0.2) is 59.7 Å². The van der Waals surface area contributed by atoms with Gasteiger partial charge in [-0.2, -0.15) is 0 Å². The van der Waals surface area contributed by atoms with Crippen molar-refractivity contribution in [2.24, 2.45) is 4.99 Å². The Hall–Kier alpha value is -3.98. The zero-order valence-electron chi connectivity index (χ0n) is 20.4. The Morgan fingerprint density at radius 1 is 1.17 bits per heavy atom. The van der Waals surface area contributed by atoms with E-state index in [0.717, 1.165) is 52.6 Å². The van der Waals surface area contributed by atoms with E-state index in [0.29, 0.717) is 13.1 Å². The largest absolute Gasteiger partial charge is 0.497 e. The van der Waals surface area contributed by atoms with Crippen molar-refractivity contribution >= 4 is 28.9 Å². The van der Waals surface area contributed by atoms with Gasteiger partial charge in [0.2, 0.25) is 11.9 Å². The van der Waals surface area contributed by atoms with Gasteiger partial charge in [0, 0.05) is 48.7 Å². The first-order valence-corrected chi connectivity index (χ1v) is 11.5. The van der Waals surface area contributed by atoms with Crippen LogP contribution < -0.4 is 20.7 Å². The smallest absolute Gasteiger partial charge is 0.239 e. The molecule has 0 spiro atoms.